The highest BCUT2D eigenvalue weighted by atomic mass is 16.1. The van der Waals surface area contributed by atoms with E-state index in [4.69, 9.17) is 5.73 Å². The Labute approximate surface area is 113 Å². The molecule has 0 spiro atoms. The summed E-state index contributed by atoms with van der Waals surface area (Å²) in [4.78, 5) is 12.1. The van der Waals surface area contributed by atoms with Gasteiger partial charge in [0.1, 0.15) is 0 Å². The Hall–Kier alpha value is -2.29. The van der Waals surface area contributed by atoms with Gasteiger partial charge in [-0.15, -0.1) is 0 Å². The zero-order valence-corrected chi connectivity index (χ0v) is 11.0. The van der Waals surface area contributed by atoms with Gasteiger partial charge in [-0.3, -0.25) is 4.79 Å². The van der Waals surface area contributed by atoms with Gasteiger partial charge in [0.15, 0.2) is 0 Å². The first-order chi connectivity index (χ1) is 9.16. The predicted molar refractivity (Wildman–Crippen MR) is 78.8 cm³/mol. The van der Waals surface area contributed by atoms with Crippen molar-refractivity contribution in [3.63, 3.8) is 0 Å². The Morgan fingerprint density at radius 1 is 1.11 bits per heavy atom. The first-order valence-electron chi connectivity index (χ1n) is 6.36. The van der Waals surface area contributed by atoms with E-state index in [1.165, 1.54) is 0 Å². The summed E-state index contributed by atoms with van der Waals surface area (Å²) in [5.41, 5.74) is 8.22. The van der Waals surface area contributed by atoms with E-state index < -0.39 is 0 Å². The molecular formula is C16H18N2O. The summed E-state index contributed by atoms with van der Waals surface area (Å²) in [6.45, 7) is 1.92. The number of benzene rings is 2. The minimum Gasteiger partial charge on any atom is -0.397 e. The molecule has 0 saturated carbocycles. The van der Waals surface area contributed by atoms with Gasteiger partial charge in [0.25, 0.3) is 0 Å². The molecule has 19 heavy (non-hydrogen) atoms. The Bertz CT molecular complexity index is 552. The molecule has 0 fully saturated rings. The SMILES string of the molecule is CC(Cc1ccccc1)C(=O)Nc1ccccc1N. The lowest BCUT2D eigenvalue weighted by atomic mass is 10.0. The van der Waals surface area contributed by atoms with Crippen molar-refractivity contribution in [2.45, 2.75) is 13.3 Å². The highest BCUT2D eigenvalue weighted by Crippen LogP contribution is 2.18. The lowest BCUT2D eigenvalue weighted by molar-refractivity contribution is -0.119. The summed E-state index contributed by atoms with van der Waals surface area (Å²) < 4.78 is 0. The molecule has 0 aliphatic carbocycles. The minimum atomic E-state index is -0.0954. The van der Waals surface area contributed by atoms with Gasteiger partial charge in [-0.25, -0.2) is 0 Å². The number of nitrogens with two attached hydrogens (primary N) is 1. The quantitative estimate of drug-likeness (QED) is 0.824. The highest BCUT2D eigenvalue weighted by molar-refractivity contribution is 5.95. The number of anilines is 2. The molecule has 1 unspecified atom stereocenters. The first-order valence-corrected chi connectivity index (χ1v) is 6.36. The fourth-order valence-electron chi connectivity index (χ4n) is 1.93. The Balaban J connectivity index is 1.99. The van der Waals surface area contributed by atoms with Gasteiger partial charge in [0.2, 0.25) is 5.91 Å². The number of amides is 1. The molecule has 0 bridgehead atoms. The molecule has 0 heterocycles. The minimum absolute atomic E-state index is 0.0123. The highest BCUT2D eigenvalue weighted by Gasteiger charge is 2.14. The number of hydrogen-bond acceptors (Lipinski definition) is 2. The van der Waals surface area contributed by atoms with Crippen LogP contribution in [0.1, 0.15) is 12.5 Å². The van der Waals surface area contributed by atoms with Crippen molar-refractivity contribution in [3.05, 3.63) is 60.2 Å². The van der Waals surface area contributed by atoms with E-state index in [1.54, 1.807) is 6.07 Å². The monoisotopic (exact) mass is 254 g/mol. The predicted octanol–water partition coefficient (Wildman–Crippen LogP) is 3.09. The topological polar surface area (TPSA) is 55.1 Å². The Kier molecular flexibility index (Phi) is 4.18. The van der Waals surface area contributed by atoms with Crippen molar-refractivity contribution in [3.8, 4) is 0 Å². The second kappa shape index (κ2) is 6.05. The summed E-state index contributed by atoms with van der Waals surface area (Å²) in [6.07, 6.45) is 0.722. The van der Waals surface area contributed by atoms with E-state index in [0.29, 0.717) is 11.4 Å². The van der Waals surface area contributed by atoms with Gasteiger partial charge in [-0.2, -0.15) is 0 Å². The van der Waals surface area contributed by atoms with Crippen LogP contribution in [0.4, 0.5) is 11.4 Å². The molecule has 2 aromatic rings. The Morgan fingerprint density at radius 2 is 1.74 bits per heavy atom. The number of para-hydroxylation sites is 2. The van der Waals surface area contributed by atoms with Crippen LogP contribution in [0.2, 0.25) is 0 Å². The van der Waals surface area contributed by atoms with E-state index in [1.807, 2.05) is 55.5 Å². The van der Waals surface area contributed by atoms with Crippen molar-refractivity contribution in [1.82, 2.24) is 0 Å². The zero-order valence-electron chi connectivity index (χ0n) is 11.0. The number of nitrogen functional groups attached to an aromatic ring is 1. The van der Waals surface area contributed by atoms with E-state index >= 15 is 0 Å². The van der Waals surface area contributed by atoms with Crippen LogP contribution in [-0.4, -0.2) is 5.91 Å². The van der Waals surface area contributed by atoms with Gasteiger partial charge in [0.05, 0.1) is 11.4 Å². The smallest absolute Gasteiger partial charge is 0.227 e. The van der Waals surface area contributed by atoms with Crippen LogP contribution in [0.5, 0.6) is 0 Å². The average molecular weight is 254 g/mol. The van der Waals surface area contributed by atoms with E-state index in [-0.39, 0.29) is 11.8 Å². The van der Waals surface area contributed by atoms with Crippen LogP contribution >= 0.6 is 0 Å². The fourth-order valence-corrected chi connectivity index (χ4v) is 1.93. The molecule has 0 saturated heterocycles. The lowest BCUT2D eigenvalue weighted by Gasteiger charge is -2.13. The van der Waals surface area contributed by atoms with Crippen LogP contribution in [0.3, 0.4) is 0 Å². The second-order valence-corrected chi connectivity index (χ2v) is 4.67. The number of nitrogens with one attached hydrogen (secondary N) is 1. The maximum absolute atomic E-state index is 12.1. The van der Waals surface area contributed by atoms with Crippen LogP contribution < -0.4 is 11.1 Å². The first kappa shape index (κ1) is 13.1. The van der Waals surface area contributed by atoms with E-state index in [9.17, 15) is 4.79 Å². The van der Waals surface area contributed by atoms with Crippen LogP contribution in [0, 0.1) is 5.92 Å². The Morgan fingerprint density at radius 3 is 2.42 bits per heavy atom. The van der Waals surface area contributed by atoms with Crippen molar-refractivity contribution in [2.24, 2.45) is 5.92 Å². The van der Waals surface area contributed by atoms with Gasteiger partial charge >= 0.3 is 0 Å². The van der Waals surface area contributed by atoms with Crippen LogP contribution in [0.15, 0.2) is 54.6 Å². The van der Waals surface area contributed by atoms with Crippen LogP contribution in [0.25, 0.3) is 0 Å². The summed E-state index contributed by atoms with van der Waals surface area (Å²) in [5.74, 6) is -0.108. The molecule has 2 rings (SSSR count). The largest absolute Gasteiger partial charge is 0.397 e. The van der Waals surface area contributed by atoms with Crippen molar-refractivity contribution in [2.75, 3.05) is 11.1 Å². The van der Waals surface area contributed by atoms with Crippen LogP contribution in [-0.2, 0) is 11.2 Å². The molecule has 0 aliphatic rings. The molecule has 0 aliphatic heterocycles. The third-order valence-electron chi connectivity index (χ3n) is 3.05. The molecule has 3 N–H and O–H groups in total. The molecule has 2 aromatic carbocycles. The maximum atomic E-state index is 12.1. The molecule has 3 heteroatoms. The molecule has 1 amide bonds. The fraction of sp³-hybridized carbons (Fsp3) is 0.188. The van der Waals surface area contributed by atoms with Crippen molar-refractivity contribution < 1.29 is 4.79 Å². The maximum Gasteiger partial charge on any atom is 0.227 e. The average Bonchev–Trinajstić information content (AvgIpc) is 2.42. The van der Waals surface area contributed by atoms with E-state index in [0.717, 1.165) is 12.0 Å². The molecule has 3 nitrogen and oxygen atoms in total. The standard InChI is InChI=1S/C16H18N2O/c1-12(11-13-7-3-2-4-8-13)16(19)18-15-10-6-5-9-14(15)17/h2-10,12H,11,17H2,1H3,(H,18,19). The number of carbonyl (C=O) groups is 1. The third kappa shape index (κ3) is 3.58. The van der Waals surface area contributed by atoms with E-state index in [2.05, 4.69) is 5.32 Å². The molecule has 98 valence electrons. The van der Waals surface area contributed by atoms with Crippen molar-refractivity contribution in [1.29, 1.82) is 0 Å². The summed E-state index contributed by atoms with van der Waals surface area (Å²) >= 11 is 0. The number of rotatable bonds is 4. The number of carbonyl (C=O) groups excluding carboxylic acids is 1. The third-order valence-corrected chi connectivity index (χ3v) is 3.05. The molecule has 0 radical (unpaired) electrons. The second-order valence-electron chi connectivity index (χ2n) is 4.67. The number of hydrogen-bond donors (Lipinski definition) is 2. The molecule has 1 atom stereocenters. The molecular weight excluding hydrogens is 236 g/mol. The van der Waals surface area contributed by atoms with Gasteiger partial charge in [-0.05, 0) is 24.1 Å². The zero-order chi connectivity index (χ0) is 13.7. The van der Waals surface area contributed by atoms with Gasteiger partial charge in [0, 0.05) is 5.92 Å². The summed E-state index contributed by atoms with van der Waals surface area (Å²) in [7, 11) is 0. The summed E-state index contributed by atoms with van der Waals surface area (Å²) in [6, 6.07) is 17.3. The molecule has 0 aromatic heterocycles. The van der Waals surface area contributed by atoms with Gasteiger partial charge in [-0.1, -0.05) is 49.4 Å². The summed E-state index contributed by atoms with van der Waals surface area (Å²) in [5, 5.41) is 2.87. The van der Waals surface area contributed by atoms with Crippen molar-refractivity contribution >= 4 is 17.3 Å². The lowest BCUT2D eigenvalue weighted by Crippen LogP contribution is -2.22. The van der Waals surface area contributed by atoms with Gasteiger partial charge < -0.3 is 11.1 Å². The normalized spacial score (nSPS) is 11.8.